The predicted molar refractivity (Wildman–Crippen MR) is 93.2 cm³/mol. The van der Waals surface area contributed by atoms with Crippen molar-refractivity contribution >= 4 is 17.0 Å². The number of hydrogen-bond donors (Lipinski definition) is 2. The Balaban J connectivity index is 1.72. The van der Waals surface area contributed by atoms with Crippen molar-refractivity contribution < 1.29 is 0 Å². The van der Waals surface area contributed by atoms with Crippen molar-refractivity contribution in [3.05, 3.63) is 30.6 Å². The van der Waals surface area contributed by atoms with Gasteiger partial charge in [-0.25, -0.2) is 4.98 Å². The Morgan fingerprint density at radius 2 is 2.00 bits per heavy atom. The zero-order valence-corrected chi connectivity index (χ0v) is 13.8. The van der Waals surface area contributed by atoms with Gasteiger partial charge in [-0.3, -0.25) is 4.99 Å². The largest absolute Gasteiger partial charge is 0.356 e. The van der Waals surface area contributed by atoms with Gasteiger partial charge in [0, 0.05) is 26.7 Å². The van der Waals surface area contributed by atoms with E-state index in [9.17, 15) is 0 Å². The van der Waals surface area contributed by atoms with Crippen molar-refractivity contribution in [1.82, 2.24) is 20.2 Å². The van der Waals surface area contributed by atoms with E-state index in [4.69, 9.17) is 0 Å². The van der Waals surface area contributed by atoms with E-state index in [-0.39, 0.29) is 0 Å². The van der Waals surface area contributed by atoms with Crippen LogP contribution in [0.15, 0.2) is 35.6 Å². The third-order valence-electron chi connectivity index (χ3n) is 3.63. The zero-order chi connectivity index (χ0) is 15.8. The molecule has 120 valence electrons. The lowest BCUT2D eigenvalue weighted by atomic mass is 10.1. The Hall–Kier alpha value is -2.04. The molecule has 0 aliphatic rings. The molecule has 0 aliphatic carbocycles. The van der Waals surface area contributed by atoms with E-state index in [2.05, 4.69) is 51.2 Å². The van der Waals surface area contributed by atoms with E-state index in [1.807, 2.05) is 25.5 Å². The van der Waals surface area contributed by atoms with Gasteiger partial charge in [0.05, 0.1) is 17.4 Å². The lowest BCUT2D eigenvalue weighted by molar-refractivity contribution is 0.571. The van der Waals surface area contributed by atoms with E-state index < -0.39 is 0 Å². The van der Waals surface area contributed by atoms with Gasteiger partial charge < -0.3 is 15.2 Å². The molecule has 22 heavy (non-hydrogen) atoms. The molecule has 2 N–H and O–H groups in total. The van der Waals surface area contributed by atoms with Gasteiger partial charge in [-0.05, 0) is 30.9 Å². The second-order valence-corrected chi connectivity index (χ2v) is 5.89. The summed E-state index contributed by atoms with van der Waals surface area (Å²) in [4.78, 5) is 8.66. The molecule has 0 saturated carbocycles. The number of nitrogens with zero attached hydrogens (tertiary/aromatic N) is 3. The van der Waals surface area contributed by atoms with Gasteiger partial charge in [-0.2, -0.15) is 0 Å². The summed E-state index contributed by atoms with van der Waals surface area (Å²) in [5, 5.41) is 6.70. The lowest BCUT2D eigenvalue weighted by Crippen LogP contribution is -2.38. The van der Waals surface area contributed by atoms with Crippen molar-refractivity contribution in [2.45, 2.75) is 33.2 Å². The number of fused-ring (bicyclic) bond motifs is 1. The predicted octanol–water partition coefficient (Wildman–Crippen LogP) is 2.64. The molecule has 5 nitrogen and oxygen atoms in total. The number of nitrogens with one attached hydrogen (secondary N) is 2. The zero-order valence-electron chi connectivity index (χ0n) is 13.8. The highest BCUT2D eigenvalue weighted by Crippen LogP contribution is 2.11. The van der Waals surface area contributed by atoms with Crippen LogP contribution >= 0.6 is 0 Å². The van der Waals surface area contributed by atoms with Crippen LogP contribution in [0, 0.1) is 5.92 Å². The monoisotopic (exact) mass is 301 g/mol. The Kier molecular flexibility index (Phi) is 6.25. The number of aromatic nitrogens is 2. The van der Waals surface area contributed by atoms with Crippen LogP contribution in [0.3, 0.4) is 0 Å². The molecule has 0 unspecified atom stereocenters. The van der Waals surface area contributed by atoms with Crippen LogP contribution in [0.25, 0.3) is 11.0 Å². The number of aliphatic imine (C=N–C) groups is 1. The molecule has 0 amide bonds. The van der Waals surface area contributed by atoms with E-state index in [1.165, 1.54) is 5.52 Å². The minimum atomic E-state index is 0.708. The molecular weight excluding hydrogens is 274 g/mol. The summed E-state index contributed by atoms with van der Waals surface area (Å²) in [5.41, 5.74) is 2.25. The van der Waals surface area contributed by atoms with Crippen LogP contribution in [-0.2, 0) is 6.54 Å². The van der Waals surface area contributed by atoms with Crippen LogP contribution < -0.4 is 10.6 Å². The maximum Gasteiger partial charge on any atom is 0.190 e. The maximum atomic E-state index is 4.41. The highest BCUT2D eigenvalue weighted by atomic mass is 15.2. The summed E-state index contributed by atoms with van der Waals surface area (Å²) < 4.78 is 2.20. The van der Waals surface area contributed by atoms with Crippen LogP contribution in [0.4, 0.5) is 0 Å². The maximum absolute atomic E-state index is 4.41. The van der Waals surface area contributed by atoms with Gasteiger partial charge >= 0.3 is 0 Å². The third-order valence-corrected chi connectivity index (χ3v) is 3.63. The number of benzene rings is 1. The molecule has 0 atom stereocenters. The summed E-state index contributed by atoms with van der Waals surface area (Å²) in [7, 11) is 1.81. The summed E-state index contributed by atoms with van der Waals surface area (Å²) in [6, 6.07) is 8.24. The molecule has 1 heterocycles. The summed E-state index contributed by atoms with van der Waals surface area (Å²) in [5.74, 6) is 1.59. The molecule has 0 saturated heterocycles. The van der Waals surface area contributed by atoms with Crippen LogP contribution in [0.5, 0.6) is 0 Å². The second-order valence-electron chi connectivity index (χ2n) is 5.89. The van der Waals surface area contributed by atoms with Crippen molar-refractivity contribution in [1.29, 1.82) is 0 Å². The molecule has 5 heteroatoms. The van der Waals surface area contributed by atoms with E-state index in [0.29, 0.717) is 5.92 Å². The molecule has 0 bridgehead atoms. The Labute approximate surface area is 132 Å². The molecule has 1 aromatic heterocycles. The van der Waals surface area contributed by atoms with Gasteiger partial charge in [0.1, 0.15) is 0 Å². The Morgan fingerprint density at radius 1 is 1.23 bits per heavy atom. The molecule has 0 aliphatic heterocycles. The average Bonchev–Trinajstić information content (AvgIpc) is 2.92. The van der Waals surface area contributed by atoms with Crippen LogP contribution in [-0.4, -0.2) is 35.6 Å². The fraction of sp³-hybridized carbons (Fsp3) is 0.529. The third kappa shape index (κ3) is 4.76. The van der Waals surface area contributed by atoms with Crippen molar-refractivity contribution in [3.8, 4) is 0 Å². The normalized spacial score (nSPS) is 12.1. The Morgan fingerprint density at radius 3 is 2.77 bits per heavy atom. The first-order valence-corrected chi connectivity index (χ1v) is 8.05. The molecule has 2 rings (SSSR count). The first-order valence-electron chi connectivity index (χ1n) is 8.05. The van der Waals surface area contributed by atoms with Gasteiger partial charge in [0.2, 0.25) is 0 Å². The van der Waals surface area contributed by atoms with Gasteiger partial charge in [-0.1, -0.05) is 26.0 Å². The topological polar surface area (TPSA) is 54.2 Å². The first kappa shape index (κ1) is 16.3. The van der Waals surface area contributed by atoms with Crippen molar-refractivity contribution in [3.63, 3.8) is 0 Å². The smallest absolute Gasteiger partial charge is 0.190 e. The lowest BCUT2D eigenvalue weighted by Gasteiger charge is -2.13. The Bertz CT molecular complexity index is 600. The van der Waals surface area contributed by atoms with Gasteiger partial charge in [0.15, 0.2) is 5.96 Å². The minimum Gasteiger partial charge on any atom is -0.356 e. The van der Waals surface area contributed by atoms with Gasteiger partial charge in [-0.15, -0.1) is 0 Å². The molecule has 2 aromatic rings. The van der Waals surface area contributed by atoms with Crippen LogP contribution in [0.1, 0.15) is 26.7 Å². The quantitative estimate of drug-likeness (QED) is 0.469. The summed E-state index contributed by atoms with van der Waals surface area (Å²) in [6.45, 7) is 7.27. The average molecular weight is 301 g/mol. The molecule has 0 radical (unpaired) electrons. The SMILES string of the molecule is CN=C(NCCCn1cnc2ccccc21)NCCC(C)C. The number of guanidine groups is 1. The first-order chi connectivity index (χ1) is 10.7. The van der Waals surface area contributed by atoms with Gasteiger partial charge in [0.25, 0.3) is 0 Å². The number of imidazole rings is 1. The van der Waals surface area contributed by atoms with E-state index in [1.54, 1.807) is 0 Å². The fourth-order valence-corrected chi connectivity index (χ4v) is 2.34. The highest BCUT2D eigenvalue weighted by Gasteiger charge is 2.02. The van der Waals surface area contributed by atoms with E-state index >= 15 is 0 Å². The van der Waals surface area contributed by atoms with Crippen molar-refractivity contribution in [2.24, 2.45) is 10.9 Å². The summed E-state index contributed by atoms with van der Waals surface area (Å²) in [6.07, 6.45) is 4.10. The van der Waals surface area contributed by atoms with Crippen molar-refractivity contribution in [2.75, 3.05) is 20.1 Å². The molecule has 0 fully saturated rings. The number of hydrogen-bond acceptors (Lipinski definition) is 2. The molecular formula is C17H27N5. The molecule has 0 spiro atoms. The highest BCUT2D eigenvalue weighted by molar-refractivity contribution is 5.79. The van der Waals surface area contributed by atoms with E-state index in [0.717, 1.165) is 44.0 Å². The summed E-state index contributed by atoms with van der Waals surface area (Å²) >= 11 is 0. The minimum absolute atomic E-state index is 0.708. The number of para-hydroxylation sites is 2. The standard InChI is InChI=1S/C17H27N5/c1-14(2)9-11-20-17(18-3)19-10-6-12-22-13-21-15-7-4-5-8-16(15)22/h4-5,7-8,13-14H,6,9-12H2,1-3H3,(H2,18,19,20). The second kappa shape index (κ2) is 8.41. The van der Waals surface area contributed by atoms with Crippen LogP contribution in [0.2, 0.25) is 0 Å². The molecule has 1 aromatic carbocycles. The number of rotatable bonds is 7. The fourth-order valence-electron chi connectivity index (χ4n) is 2.34. The number of aryl methyl sites for hydroxylation is 1.